The maximum Gasteiger partial charge on any atom is 0.261 e. The summed E-state index contributed by atoms with van der Waals surface area (Å²) in [6.45, 7) is 1.69. The fraction of sp³-hybridized carbons (Fsp3) is 0.176. The molecular weight excluding hydrogens is 372 g/mol. The van der Waals surface area contributed by atoms with Crippen LogP contribution in [-0.4, -0.2) is 29.3 Å². The molecule has 3 aromatic rings. The van der Waals surface area contributed by atoms with Crippen LogP contribution in [0.25, 0.3) is 10.2 Å². The van der Waals surface area contributed by atoms with E-state index in [-0.39, 0.29) is 30.7 Å². The van der Waals surface area contributed by atoms with Crippen LogP contribution in [0.15, 0.2) is 35.7 Å². The van der Waals surface area contributed by atoms with Gasteiger partial charge in [0.1, 0.15) is 0 Å². The van der Waals surface area contributed by atoms with Gasteiger partial charge in [-0.15, -0.1) is 11.3 Å². The highest BCUT2D eigenvalue weighted by atomic mass is 32.1. The second kappa shape index (κ2) is 8.07. The fourth-order valence-corrected chi connectivity index (χ4v) is 3.79. The number of hydrogen-bond acceptors (Lipinski definition) is 6. The number of amides is 3. The van der Waals surface area contributed by atoms with E-state index in [1.165, 1.54) is 29.6 Å². The van der Waals surface area contributed by atoms with Crippen LogP contribution in [0.4, 0.5) is 10.8 Å². The zero-order chi connectivity index (χ0) is 18.5. The Balaban J connectivity index is 1.53. The first-order chi connectivity index (χ1) is 12.5. The van der Waals surface area contributed by atoms with Gasteiger partial charge in [-0.2, -0.15) is 0 Å². The summed E-state index contributed by atoms with van der Waals surface area (Å²) in [7, 11) is 0. The third-order valence-corrected chi connectivity index (χ3v) is 5.14. The van der Waals surface area contributed by atoms with E-state index in [0.29, 0.717) is 15.7 Å². The molecule has 1 aromatic carbocycles. The molecule has 0 saturated carbocycles. The predicted octanol–water partition coefficient (Wildman–Crippen LogP) is 3.07. The lowest BCUT2D eigenvalue weighted by atomic mass is 10.3. The van der Waals surface area contributed by atoms with Crippen molar-refractivity contribution in [3.05, 3.63) is 40.6 Å². The molecule has 0 radical (unpaired) electrons. The molecule has 2 heterocycles. The number of nitrogens with zero attached hydrogens (tertiary/aromatic N) is 1. The van der Waals surface area contributed by atoms with Gasteiger partial charge in [0.15, 0.2) is 5.13 Å². The summed E-state index contributed by atoms with van der Waals surface area (Å²) in [4.78, 5) is 39.9. The average Bonchev–Trinajstić information content (AvgIpc) is 3.22. The van der Waals surface area contributed by atoms with Crippen LogP contribution < -0.4 is 16.0 Å². The van der Waals surface area contributed by atoms with Gasteiger partial charge in [0.25, 0.3) is 5.91 Å². The van der Waals surface area contributed by atoms with Crippen molar-refractivity contribution in [2.24, 2.45) is 0 Å². The van der Waals surface area contributed by atoms with Gasteiger partial charge in [0, 0.05) is 25.6 Å². The van der Waals surface area contributed by atoms with E-state index >= 15 is 0 Å². The topological polar surface area (TPSA) is 100 Å². The van der Waals surface area contributed by atoms with Gasteiger partial charge < -0.3 is 16.0 Å². The van der Waals surface area contributed by atoms with Crippen LogP contribution >= 0.6 is 22.7 Å². The van der Waals surface area contributed by atoms with Crippen molar-refractivity contribution in [2.75, 3.05) is 17.2 Å². The normalized spacial score (nSPS) is 10.5. The van der Waals surface area contributed by atoms with E-state index in [2.05, 4.69) is 20.9 Å². The van der Waals surface area contributed by atoms with Crippen molar-refractivity contribution in [1.29, 1.82) is 0 Å². The summed E-state index contributed by atoms with van der Waals surface area (Å²) in [6.07, 6.45) is 0.157. The third-order valence-electron chi connectivity index (χ3n) is 3.34. The predicted molar refractivity (Wildman–Crippen MR) is 104 cm³/mol. The van der Waals surface area contributed by atoms with Gasteiger partial charge >= 0.3 is 0 Å². The van der Waals surface area contributed by atoms with E-state index in [4.69, 9.17) is 0 Å². The molecule has 7 nitrogen and oxygen atoms in total. The summed E-state index contributed by atoms with van der Waals surface area (Å²) >= 11 is 2.68. The molecule has 2 aromatic heterocycles. The number of fused-ring (bicyclic) bond motifs is 1. The van der Waals surface area contributed by atoms with Gasteiger partial charge in [-0.1, -0.05) is 17.4 Å². The van der Waals surface area contributed by atoms with Gasteiger partial charge in [-0.25, -0.2) is 4.98 Å². The molecular formula is C17H16N4O3S2. The number of carbonyl (C=O) groups excluding carboxylic acids is 3. The van der Waals surface area contributed by atoms with Crippen molar-refractivity contribution in [3.8, 4) is 0 Å². The number of hydrogen-bond donors (Lipinski definition) is 3. The highest BCUT2D eigenvalue weighted by Crippen LogP contribution is 2.28. The van der Waals surface area contributed by atoms with E-state index < -0.39 is 0 Å². The Morgan fingerprint density at radius 1 is 1.15 bits per heavy atom. The largest absolute Gasteiger partial charge is 0.351 e. The number of rotatable bonds is 6. The van der Waals surface area contributed by atoms with Gasteiger partial charge in [-0.3, -0.25) is 14.4 Å². The molecule has 3 amide bonds. The molecule has 9 heteroatoms. The number of anilines is 2. The molecule has 3 N–H and O–H groups in total. The molecule has 26 heavy (non-hydrogen) atoms. The second-order valence-electron chi connectivity index (χ2n) is 5.41. The molecule has 0 aliphatic carbocycles. The maximum absolute atomic E-state index is 12.0. The van der Waals surface area contributed by atoms with Gasteiger partial charge in [0.2, 0.25) is 11.8 Å². The number of thiazole rings is 1. The Bertz CT molecular complexity index is 950. The first-order valence-corrected chi connectivity index (χ1v) is 9.50. The summed E-state index contributed by atoms with van der Waals surface area (Å²) in [5, 5.41) is 10.5. The lowest BCUT2D eigenvalue weighted by Gasteiger charge is -2.03. The SMILES string of the molecule is CC(=O)Nc1ccc2nc(NC(=O)CCNC(=O)c3cccs3)sc2c1. The number of nitrogens with one attached hydrogen (secondary N) is 3. The summed E-state index contributed by atoms with van der Waals surface area (Å²) < 4.78 is 0.859. The molecule has 0 saturated heterocycles. The first kappa shape index (κ1) is 18.0. The minimum Gasteiger partial charge on any atom is -0.351 e. The van der Waals surface area contributed by atoms with Crippen LogP contribution in [0.2, 0.25) is 0 Å². The second-order valence-corrected chi connectivity index (χ2v) is 7.39. The number of aromatic nitrogens is 1. The minimum absolute atomic E-state index is 0.146. The highest BCUT2D eigenvalue weighted by molar-refractivity contribution is 7.22. The Hall–Kier alpha value is -2.78. The molecule has 0 aliphatic rings. The smallest absolute Gasteiger partial charge is 0.261 e. The van der Waals surface area contributed by atoms with E-state index in [9.17, 15) is 14.4 Å². The number of carbonyl (C=O) groups is 3. The van der Waals surface area contributed by atoms with Crippen molar-refractivity contribution in [2.45, 2.75) is 13.3 Å². The Morgan fingerprint density at radius 3 is 2.73 bits per heavy atom. The molecule has 3 rings (SSSR count). The Labute approximate surface area is 157 Å². The molecule has 0 atom stereocenters. The Morgan fingerprint density at radius 2 is 2.00 bits per heavy atom. The van der Waals surface area contributed by atoms with Crippen molar-refractivity contribution < 1.29 is 14.4 Å². The molecule has 0 aliphatic heterocycles. The lowest BCUT2D eigenvalue weighted by molar-refractivity contribution is -0.116. The lowest BCUT2D eigenvalue weighted by Crippen LogP contribution is -2.27. The zero-order valence-corrected chi connectivity index (χ0v) is 15.5. The van der Waals surface area contributed by atoms with Crippen molar-refractivity contribution in [3.63, 3.8) is 0 Å². The number of benzene rings is 1. The molecule has 0 spiro atoms. The Kier molecular flexibility index (Phi) is 5.59. The van der Waals surface area contributed by atoms with Crippen LogP contribution in [0.5, 0.6) is 0 Å². The third kappa shape index (κ3) is 4.64. The average molecular weight is 388 g/mol. The fourth-order valence-electron chi connectivity index (χ4n) is 2.23. The maximum atomic E-state index is 12.0. The van der Waals surface area contributed by atoms with Crippen molar-refractivity contribution >= 4 is 61.4 Å². The van der Waals surface area contributed by atoms with E-state index in [0.717, 1.165) is 10.2 Å². The van der Waals surface area contributed by atoms with E-state index in [1.54, 1.807) is 24.3 Å². The zero-order valence-electron chi connectivity index (χ0n) is 13.9. The molecule has 0 unspecified atom stereocenters. The molecule has 0 bridgehead atoms. The van der Waals surface area contributed by atoms with Crippen LogP contribution in [-0.2, 0) is 9.59 Å². The first-order valence-electron chi connectivity index (χ1n) is 7.81. The van der Waals surface area contributed by atoms with Gasteiger partial charge in [0.05, 0.1) is 15.1 Å². The van der Waals surface area contributed by atoms with Crippen LogP contribution in [0.1, 0.15) is 23.0 Å². The number of thiophene rings is 1. The minimum atomic E-state index is -0.224. The van der Waals surface area contributed by atoms with Gasteiger partial charge in [-0.05, 0) is 29.6 Å². The summed E-state index contributed by atoms with van der Waals surface area (Å²) in [6, 6.07) is 8.89. The van der Waals surface area contributed by atoms with Crippen LogP contribution in [0, 0.1) is 0 Å². The highest BCUT2D eigenvalue weighted by Gasteiger charge is 2.10. The molecule has 0 fully saturated rings. The molecule has 134 valence electrons. The summed E-state index contributed by atoms with van der Waals surface area (Å²) in [5.74, 6) is -0.553. The standard InChI is InChI=1S/C17H16N4O3S2/c1-10(22)19-11-4-5-12-14(9-11)26-17(20-12)21-15(23)6-7-18-16(24)13-3-2-8-25-13/h2-5,8-9H,6-7H2,1H3,(H,18,24)(H,19,22)(H,20,21,23). The van der Waals surface area contributed by atoms with E-state index in [1.807, 2.05) is 11.4 Å². The van der Waals surface area contributed by atoms with Crippen molar-refractivity contribution in [1.82, 2.24) is 10.3 Å². The summed E-state index contributed by atoms with van der Waals surface area (Å²) in [5.41, 5.74) is 1.42. The van der Waals surface area contributed by atoms with Crippen LogP contribution in [0.3, 0.4) is 0 Å². The monoisotopic (exact) mass is 388 g/mol. The quantitative estimate of drug-likeness (QED) is 0.604.